The van der Waals surface area contributed by atoms with E-state index in [1.807, 2.05) is 0 Å². The van der Waals surface area contributed by atoms with Crippen LogP contribution in [0, 0.1) is 5.82 Å². The third-order valence-electron chi connectivity index (χ3n) is 2.89. The average Bonchev–Trinajstić information content (AvgIpc) is 3.09. The Morgan fingerprint density at radius 3 is 2.76 bits per heavy atom. The third kappa shape index (κ3) is 2.71. The molecule has 0 N–H and O–H groups in total. The molecule has 0 atom stereocenters. The van der Waals surface area contributed by atoms with E-state index in [0.29, 0.717) is 5.56 Å². The van der Waals surface area contributed by atoms with Gasteiger partial charge in [-0.3, -0.25) is 4.79 Å². The molecule has 3 rings (SSSR count). The van der Waals surface area contributed by atoms with Crippen LogP contribution < -0.4 is 0 Å². The first-order valence-electron chi connectivity index (χ1n) is 6.14. The molecule has 1 saturated heterocycles. The van der Waals surface area contributed by atoms with Crippen LogP contribution in [0.4, 0.5) is 9.18 Å². The summed E-state index contributed by atoms with van der Waals surface area (Å²) in [7, 11) is 0. The number of cyclic esters (lactones) is 1. The van der Waals surface area contributed by atoms with Crippen LogP contribution >= 0.6 is 0 Å². The number of aromatic nitrogens is 4. The van der Waals surface area contributed by atoms with E-state index in [1.54, 1.807) is 0 Å². The Balaban J connectivity index is 1.71. The van der Waals surface area contributed by atoms with Crippen molar-refractivity contribution in [2.75, 3.05) is 13.2 Å². The number of amides is 2. The van der Waals surface area contributed by atoms with Gasteiger partial charge in [0.15, 0.2) is 0 Å². The van der Waals surface area contributed by atoms with Crippen molar-refractivity contribution >= 4 is 12.0 Å². The van der Waals surface area contributed by atoms with E-state index in [0.717, 1.165) is 9.70 Å². The molecule has 1 fully saturated rings. The van der Waals surface area contributed by atoms with Gasteiger partial charge >= 0.3 is 6.09 Å². The van der Waals surface area contributed by atoms with Crippen LogP contribution in [0.25, 0.3) is 11.4 Å². The molecule has 2 heterocycles. The molecule has 2 amide bonds. The zero-order chi connectivity index (χ0) is 14.8. The lowest BCUT2D eigenvalue weighted by atomic mass is 10.2. The Labute approximate surface area is 118 Å². The minimum atomic E-state index is -0.668. The predicted molar refractivity (Wildman–Crippen MR) is 66.3 cm³/mol. The number of rotatable bonds is 3. The molecule has 0 aliphatic carbocycles. The van der Waals surface area contributed by atoms with E-state index >= 15 is 0 Å². The minimum absolute atomic E-state index is 0.191. The monoisotopic (exact) mass is 291 g/mol. The fraction of sp³-hybridized carbons (Fsp3) is 0.250. The van der Waals surface area contributed by atoms with Crippen molar-refractivity contribution in [1.82, 2.24) is 25.1 Å². The lowest BCUT2D eigenvalue weighted by Gasteiger charge is -2.08. The SMILES string of the molecule is O=C(Cn1nnc(-c2ccc(F)cc2)n1)N1CCOC1=O. The minimum Gasteiger partial charge on any atom is -0.447 e. The Kier molecular flexibility index (Phi) is 3.30. The number of nitrogens with zero attached hydrogens (tertiary/aromatic N) is 5. The standard InChI is InChI=1S/C12H10FN5O3/c13-9-3-1-8(2-4-9)11-14-16-18(15-11)7-10(19)17-5-6-21-12(17)20/h1-4H,5-7H2. The second-order valence-corrected chi connectivity index (χ2v) is 4.31. The fourth-order valence-corrected chi connectivity index (χ4v) is 1.85. The summed E-state index contributed by atoms with van der Waals surface area (Å²) in [5.74, 6) is -0.568. The molecule has 1 aliphatic rings. The number of carbonyl (C=O) groups excluding carboxylic acids is 2. The van der Waals surface area contributed by atoms with Crippen LogP contribution in [-0.4, -0.2) is 50.3 Å². The van der Waals surface area contributed by atoms with Gasteiger partial charge in [-0.1, -0.05) is 0 Å². The molecule has 2 aromatic rings. The summed E-state index contributed by atoms with van der Waals surface area (Å²) in [6.45, 7) is 0.191. The van der Waals surface area contributed by atoms with E-state index in [4.69, 9.17) is 0 Å². The number of ether oxygens (including phenoxy) is 1. The highest BCUT2D eigenvalue weighted by Gasteiger charge is 2.28. The average molecular weight is 291 g/mol. The first-order chi connectivity index (χ1) is 10.1. The van der Waals surface area contributed by atoms with Crippen molar-refractivity contribution in [2.45, 2.75) is 6.54 Å². The highest BCUT2D eigenvalue weighted by atomic mass is 19.1. The Hall–Kier alpha value is -2.84. The molecule has 1 aromatic heterocycles. The highest BCUT2D eigenvalue weighted by molar-refractivity contribution is 5.92. The summed E-state index contributed by atoms with van der Waals surface area (Å²) in [5, 5.41) is 11.5. The zero-order valence-electron chi connectivity index (χ0n) is 10.8. The Bertz CT molecular complexity index is 684. The second kappa shape index (κ2) is 5.27. The maximum atomic E-state index is 12.8. The maximum absolute atomic E-state index is 12.8. The second-order valence-electron chi connectivity index (χ2n) is 4.31. The summed E-state index contributed by atoms with van der Waals surface area (Å²) in [6, 6.07) is 5.58. The van der Waals surface area contributed by atoms with Gasteiger partial charge in [0, 0.05) is 5.56 Å². The Morgan fingerprint density at radius 2 is 2.10 bits per heavy atom. The first-order valence-corrected chi connectivity index (χ1v) is 6.14. The van der Waals surface area contributed by atoms with Crippen LogP contribution in [0.1, 0.15) is 0 Å². The van der Waals surface area contributed by atoms with Gasteiger partial charge in [0.05, 0.1) is 6.54 Å². The number of carbonyl (C=O) groups is 2. The molecular formula is C12H10FN5O3. The summed E-state index contributed by atoms with van der Waals surface area (Å²) in [5.41, 5.74) is 0.579. The molecule has 0 saturated carbocycles. The highest BCUT2D eigenvalue weighted by Crippen LogP contribution is 2.13. The molecule has 0 radical (unpaired) electrons. The van der Waals surface area contributed by atoms with E-state index < -0.39 is 12.0 Å². The number of hydrogen-bond acceptors (Lipinski definition) is 6. The molecule has 1 aliphatic heterocycles. The Morgan fingerprint density at radius 1 is 1.33 bits per heavy atom. The van der Waals surface area contributed by atoms with Crippen molar-refractivity contribution < 1.29 is 18.7 Å². The lowest BCUT2D eigenvalue weighted by molar-refractivity contribution is -0.128. The number of hydrogen-bond donors (Lipinski definition) is 0. The van der Waals surface area contributed by atoms with Gasteiger partial charge in [-0.2, -0.15) is 4.80 Å². The first kappa shape index (κ1) is 13.2. The number of benzene rings is 1. The van der Waals surface area contributed by atoms with Crippen LogP contribution in [0.2, 0.25) is 0 Å². The van der Waals surface area contributed by atoms with E-state index in [1.165, 1.54) is 24.3 Å². The maximum Gasteiger partial charge on any atom is 0.416 e. The van der Waals surface area contributed by atoms with Crippen molar-refractivity contribution in [3.05, 3.63) is 30.1 Å². The summed E-state index contributed by atoms with van der Waals surface area (Å²) in [6.07, 6.45) is -0.668. The summed E-state index contributed by atoms with van der Waals surface area (Å²) in [4.78, 5) is 25.2. The van der Waals surface area contributed by atoms with E-state index in [9.17, 15) is 14.0 Å². The smallest absolute Gasteiger partial charge is 0.416 e. The largest absolute Gasteiger partial charge is 0.447 e. The van der Waals surface area contributed by atoms with Crippen molar-refractivity contribution in [3.8, 4) is 11.4 Å². The summed E-state index contributed by atoms with van der Waals surface area (Å²) >= 11 is 0. The molecule has 1 aromatic carbocycles. The molecule has 108 valence electrons. The topological polar surface area (TPSA) is 90.2 Å². The molecule has 0 bridgehead atoms. The van der Waals surface area contributed by atoms with Crippen LogP contribution in [0.5, 0.6) is 0 Å². The fourth-order valence-electron chi connectivity index (χ4n) is 1.85. The van der Waals surface area contributed by atoms with Gasteiger partial charge in [0.1, 0.15) is 19.0 Å². The van der Waals surface area contributed by atoms with Crippen molar-refractivity contribution in [3.63, 3.8) is 0 Å². The van der Waals surface area contributed by atoms with Crippen molar-refractivity contribution in [2.24, 2.45) is 0 Å². The molecule has 21 heavy (non-hydrogen) atoms. The quantitative estimate of drug-likeness (QED) is 0.816. The molecule has 0 unspecified atom stereocenters. The lowest BCUT2D eigenvalue weighted by Crippen LogP contribution is -2.35. The number of tetrazole rings is 1. The van der Waals surface area contributed by atoms with Crippen LogP contribution in [0.15, 0.2) is 24.3 Å². The van der Waals surface area contributed by atoms with E-state index in [-0.39, 0.29) is 31.3 Å². The van der Waals surface area contributed by atoms with Gasteiger partial charge in [-0.05, 0) is 29.5 Å². The van der Waals surface area contributed by atoms with E-state index in [2.05, 4.69) is 20.1 Å². The van der Waals surface area contributed by atoms with Crippen LogP contribution in [0.3, 0.4) is 0 Å². The van der Waals surface area contributed by atoms with Gasteiger partial charge in [-0.25, -0.2) is 14.1 Å². The molecular weight excluding hydrogens is 281 g/mol. The van der Waals surface area contributed by atoms with Gasteiger partial charge in [-0.15, -0.1) is 10.2 Å². The number of imide groups is 1. The number of halogens is 1. The molecule has 9 heteroatoms. The van der Waals surface area contributed by atoms with Gasteiger partial charge in [0.2, 0.25) is 5.82 Å². The molecule has 0 spiro atoms. The third-order valence-corrected chi connectivity index (χ3v) is 2.89. The van der Waals surface area contributed by atoms with Gasteiger partial charge in [0.25, 0.3) is 5.91 Å². The van der Waals surface area contributed by atoms with Crippen LogP contribution in [-0.2, 0) is 16.1 Å². The summed E-state index contributed by atoms with van der Waals surface area (Å²) < 4.78 is 17.5. The molecule has 8 nitrogen and oxygen atoms in total. The predicted octanol–water partition coefficient (Wildman–Crippen LogP) is 0.458. The zero-order valence-corrected chi connectivity index (χ0v) is 10.8. The normalized spacial score (nSPS) is 14.3. The van der Waals surface area contributed by atoms with Gasteiger partial charge < -0.3 is 4.74 Å². The van der Waals surface area contributed by atoms with Crippen molar-refractivity contribution in [1.29, 1.82) is 0 Å².